The summed E-state index contributed by atoms with van der Waals surface area (Å²) in [5, 5.41) is 15.0. The van der Waals surface area contributed by atoms with Crippen LogP contribution in [0.3, 0.4) is 0 Å². The molecule has 5 aliphatic rings. The third-order valence-electron chi connectivity index (χ3n) is 13.6. The molecule has 1 aliphatic carbocycles. The smallest absolute Gasteiger partial charge is 0.410 e. The van der Waals surface area contributed by atoms with Crippen LogP contribution >= 0.6 is 0 Å². The summed E-state index contributed by atoms with van der Waals surface area (Å²) >= 11 is 0. The number of aromatic nitrogens is 7. The van der Waals surface area contributed by atoms with E-state index in [1.807, 2.05) is 25.5 Å². The van der Waals surface area contributed by atoms with E-state index in [9.17, 15) is 19.2 Å². The number of rotatable bonds is 11. The Balaban J connectivity index is 0.669. The first kappa shape index (κ1) is 45.0. The maximum absolute atomic E-state index is 15.2. The molecule has 0 radical (unpaired) electrons. The molecule has 0 spiro atoms. The topological polar surface area (TPSA) is 236 Å². The van der Waals surface area contributed by atoms with Gasteiger partial charge in [0.1, 0.15) is 35.3 Å². The van der Waals surface area contributed by atoms with E-state index < -0.39 is 35.2 Å². The van der Waals surface area contributed by atoms with E-state index in [4.69, 9.17) is 30.1 Å². The molecule has 4 aromatic heterocycles. The number of halogens is 2. The molecular formula is C46H54F2N14O6. The minimum atomic E-state index is -0.746. The number of imide groups is 1. The number of piperazine rings is 1. The Morgan fingerprint density at radius 3 is 2.26 bits per heavy atom. The maximum Gasteiger partial charge on any atom is 0.410 e. The molecule has 68 heavy (non-hydrogen) atoms. The van der Waals surface area contributed by atoms with Crippen LogP contribution in [0.1, 0.15) is 82.5 Å². The van der Waals surface area contributed by atoms with E-state index >= 15 is 8.78 Å². The number of likely N-dealkylation sites (tertiary alicyclic amines) is 2. The molecule has 358 valence electrons. The first-order chi connectivity index (χ1) is 32.7. The van der Waals surface area contributed by atoms with Crippen molar-refractivity contribution in [3.8, 4) is 22.8 Å². The lowest BCUT2D eigenvalue weighted by atomic mass is 9.94. The number of carbonyl (C=O) groups is 4. The molecule has 5 fully saturated rings. The van der Waals surface area contributed by atoms with Gasteiger partial charge in [-0.15, -0.1) is 0 Å². The summed E-state index contributed by atoms with van der Waals surface area (Å²) in [4.78, 5) is 75.2. The fourth-order valence-corrected chi connectivity index (χ4v) is 9.60. The molecule has 10 rings (SSSR count). The van der Waals surface area contributed by atoms with Crippen LogP contribution < -0.4 is 21.3 Å². The molecule has 8 heterocycles. The van der Waals surface area contributed by atoms with Gasteiger partial charge >= 0.3 is 6.09 Å². The molecular weight excluding hydrogens is 883 g/mol. The molecule has 1 unspecified atom stereocenters. The van der Waals surface area contributed by atoms with Gasteiger partial charge in [-0.1, -0.05) is 5.16 Å². The van der Waals surface area contributed by atoms with Crippen LogP contribution in [0.25, 0.3) is 33.8 Å². The van der Waals surface area contributed by atoms with Crippen LogP contribution in [0.2, 0.25) is 0 Å². The van der Waals surface area contributed by atoms with Gasteiger partial charge in [0, 0.05) is 95.2 Å². The summed E-state index contributed by atoms with van der Waals surface area (Å²) in [5.74, 6) is -0.591. The molecule has 4 aliphatic heterocycles. The summed E-state index contributed by atoms with van der Waals surface area (Å²) in [7, 11) is 0. The molecule has 22 heteroatoms. The minimum absolute atomic E-state index is 0.00697. The molecule has 4 saturated heterocycles. The van der Waals surface area contributed by atoms with Gasteiger partial charge in [-0.25, -0.2) is 38.2 Å². The van der Waals surface area contributed by atoms with E-state index in [1.54, 1.807) is 27.1 Å². The van der Waals surface area contributed by atoms with Gasteiger partial charge in [-0.05, 0) is 76.5 Å². The van der Waals surface area contributed by atoms with Gasteiger partial charge in [0.05, 0.1) is 16.5 Å². The summed E-state index contributed by atoms with van der Waals surface area (Å²) in [5.41, 5.74) is 9.10. The average Bonchev–Trinajstić information content (AvgIpc) is 3.91. The summed E-state index contributed by atoms with van der Waals surface area (Å²) in [6, 6.07) is 1.62. The summed E-state index contributed by atoms with van der Waals surface area (Å²) < 4.78 is 43.7. The Hall–Kier alpha value is -6.84. The number of nitrogens with two attached hydrogens (primary N) is 1. The van der Waals surface area contributed by atoms with Crippen LogP contribution in [0.15, 0.2) is 35.4 Å². The number of nitrogen functional groups attached to an aromatic ring is 1. The number of anilines is 3. The van der Waals surface area contributed by atoms with E-state index in [2.05, 4.69) is 30.7 Å². The monoisotopic (exact) mass is 936 g/mol. The molecule has 20 nitrogen and oxygen atoms in total. The first-order valence-electron chi connectivity index (χ1n) is 23.3. The van der Waals surface area contributed by atoms with Crippen LogP contribution in [0.5, 0.6) is 0 Å². The van der Waals surface area contributed by atoms with Crippen molar-refractivity contribution in [3.63, 3.8) is 0 Å². The van der Waals surface area contributed by atoms with Crippen LogP contribution in [-0.4, -0.2) is 145 Å². The lowest BCUT2D eigenvalue weighted by Crippen LogP contribution is -2.50. The lowest BCUT2D eigenvalue weighted by Gasteiger charge is -2.40. The molecule has 1 saturated carbocycles. The normalized spacial score (nSPS) is 19.9. The number of hydrogen-bond donors (Lipinski definition) is 3. The van der Waals surface area contributed by atoms with Crippen molar-refractivity contribution in [1.29, 1.82) is 0 Å². The fourth-order valence-electron chi connectivity index (χ4n) is 9.60. The van der Waals surface area contributed by atoms with Gasteiger partial charge in [0.25, 0.3) is 5.91 Å². The Kier molecular flexibility index (Phi) is 11.9. The average molecular weight is 937 g/mol. The third kappa shape index (κ3) is 8.99. The van der Waals surface area contributed by atoms with Gasteiger partial charge < -0.3 is 35.0 Å². The second kappa shape index (κ2) is 18.0. The molecule has 1 atom stereocenters. The Bertz CT molecular complexity index is 2730. The van der Waals surface area contributed by atoms with Gasteiger partial charge in [0.2, 0.25) is 11.8 Å². The van der Waals surface area contributed by atoms with Crippen LogP contribution in [0.4, 0.5) is 30.8 Å². The number of fused-ring (bicyclic) bond motifs is 1. The highest BCUT2D eigenvalue weighted by molar-refractivity contribution is 6.02. The number of amides is 4. The second-order valence-corrected chi connectivity index (χ2v) is 19.5. The number of hydrogen-bond acceptors (Lipinski definition) is 16. The fraction of sp³-hybridized carbons (Fsp3) is 0.522. The Labute approximate surface area is 389 Å². The second-order valence-electron chi connectivity index (χ2n) is 19.5. The molecule has 4 N–H and O–H groups in total. The number of carbonyl (C=O) groups excluding carboxylic acids is 4. The van der Waals surface area contributed by atoms with E-state index in [-0.39, 0.29) is 60.3 Å². The highest BCUT2D eigenvalue weighted by Gasteiger charge is 2.38. The number of ether oxygens (including phenoxy) is 1. The highest BCUT2D eigenvalue weighted by Crippen LogP contribution is 2.48. The SMILES string of the molecule is CC(C)(C)n1nc(-c2noc(C3CC3)c2-c2ncc(C3CN(C(=O)OCC(=O)N4CCC(CN5CCN(c6c(F)cc(NC7CCC(=O)NC7=O)cc6F)CC5)CC4)C3)cn2)c2c(N)ncnc21. The van der Waals surface area contributed by atoms with Gasteiger partial charge in [-0.2, -0.15) is 5.10 Å². The lowest BCUT2D eigenvalue weighted by molar-refractivity contribution is -0.136. The molecule has 1 aromatic carbocycles. The van der Waals surface area contributed by atoms with E-state index in [0.29, 0.717) is 97.8 Å². The molecule has 4 amide bonds. The van der Waals surface area contributed by atoms with Gasteiger partial charge in [0.15, 0.2) is 35.5 Å². The van der Waals surface area contributed by atoms with Crippen molar-refractivity contribution < 1.29 is 37.2 Å². The first-order valence-corrected chi connectivity index (χ1v) is 23.3. The van der Waals surface area contributed by atoms with Crippen LogP contribution in [-0.2, 0) is 24.7 Å². The van der Waals surface area contributed by atoms with Gasteiger partial charge in [-0.3, -0.25) is 24.6 Å². The number of nitrogens with one attached hydrogen (secondary N) is 2. The van der Waals surface area contributed by atoms with Crippen molar-refractivity contribution in [1.82, 2.24) is 54.9 Å². The largest absolute Gasteiger partial charge is 0.439 e. The van der Waals surface area contributed by atoms with Crippen molar-refractivity contribution in [3.05, 3.63) is 53.8 Å². The zero-order valence-corrected chi connectivity index (χ0v) is 38.2. The van der Waals surface area contributed by atoms with Crippen molar-refractivity contribution in [2.75, 3.05) is 81.5 Å². The van der Waals surface area contributed by atoms with Crippen molar-refractivity contribution in [2.24, 2.45) is 5.92 Å². The number of benzene rings is 1. The predicted molar refractivity (Wildman–Crippen MR) is 243 cm³/mol. The number of nitrogens with zero attached hydrogens (tertiary/aromatic N) is 11. The Morgan fingerprint density at radius 1 is 0.897 bits per heavy atom. The van der Waals surface area contributed by atoms with E-state index in [0.717, 1.165) is 37.8 Å². The van der Waals surface area contributed by atoms with Crippen molar-refractivity contribution >= 4 is 52.0 Å². The number of piperidine rings is 2. The standard InChI is InChI=1S/C46H54F2N14O6/c1-46(2,3)62-43-36(41(49)52-24-53-43)37(56-62)38-35(40(68-57-38)26-4-5-26)42-50-18-27(19-51-42)28-21-61(22-28)45(66)67-23-34(64)59-10-8-25(9-11-59)20-58-12-14-60(15-13-58)39-30(47)16-29(17-31(39)48)54-32-6-7-33(63)55-44(32)65/h16-19,24-26,28,32,54H,4-15,20-23H2,1-3H3,(H2,49,52,53)(H,55,63,65). The summed E-state index contributed by atoms with van der Waals surface area (Å²) in [6.45, 7) is 10.6. The predicted octanol–water partition coefficient (Wildman–Crippen LogP) is 4.24. The van der Waals surface area contributed by atoms with E-state index in [1.165, 1.54) is 18.5 Å². The quantitative estimate of drug-likeness (QED) is 0.157. The Morgan fingerprint density at radius 2 is 1.60 bits per heavy atom. The summed E-state index contributed by atoms with van der Waals surface area (Å²) in [6.07, 6.45) is 8.31. The molecule has 0 bridgehead atoms. The third-order valence-corrected chi connectivity index (χ3v) is 13.6. The zero-order chi connectivity index (χ0) is 47.4. The minimum Gasteiger partial charge on any atom is -0.439 e. The van der Waals surface area contributed by atoms with Crippen molar-refractivity contribution in [2.45, 2.75) is 82.7 Å². The molecule has 5 aromatic rings. The van der Waals surface area contributed by atoms with Crippen LogP contribution in [0, 0.1) is 17.6 Å². The zero-order valence-electron chi connectivity index (χ0n) is 38.2. The maximum atomic E-state index is 15.2. The highest BCUT2D eigenvalue weighted by atomic mass is 19.1.